The number of aryl methyl sites for hydroxylation is 3. The molecular formula is C21H21NO. The van der Waals surface area contributed by atoms with E-state index in [0.717, 1.165) is 28.6 Å². The number of benzene rings is 2. The molecule has 1 aliphatic rings. The topological polar surface area (TPSA) is 12.5 Å². The second-order valence-electron chi connectivity index (χ2n) is 5.79. The largest absolute Gasteiger partial charge is 0.453 e. The molecule has 2 aromatic carbocycles. The zero-order valence-electron chi connectivity index (χ0n) is 13.9. The van der Waals surface area contributed by atoms with E-state index in [0.29, 0.717) is 0 Å². The highest BCUT2D eigenvalue weighted by Gasteiger charge is 2.26. The number of hydrogen-bond donors (Lipinski definition) is 0. The van der Waals surface area contributed by atoms with Gasteiger partial charge in [-0.25, -0.2) is 0 Å². The lowest BCUT2D eigenvalue weighted by Crippen LogP contribution is -2.23. The number of anilines is 2. The molecule has 116 valence electrons. The Morgan fingerprint density at radius 3 is 2.26 bits per heavy atom. The molecule has 3 rings (SSSR count). The van der Waals surface area contributed by atoms with E-state index < -0.39 is 0 Å². The lowest BCUT2D eigenvalue weighted by molar-refractivity contribution is 0.431. The van der Waals surface area contributed by atoms with E-state index in [1.807, 2.05) is 24.3 Å². The molecule has 0 atom stereocenters. The van der Waals surface area contributed by atoms with E-state index in [1.165, 1.54) is 16.7 Å². The van der Waals surface area contributed by atoms with Gasteiger partial charge in [-0.05, 0) is 67.8 Å². The predicted molar refractivity (Wildman–Crippen MR) is 97.3 cm³/mol. The zero-order valence-corrected chi connectivity index (χ0v) is 13.9. The normalized spacial score (nSPS) is 13.4. The van der Waals surface area contributed by atoms with Gasteiger partial charge in [-0.2, -0.15) is 0 Å². The van der Waals surface area contributed by atoms with Crippen molar-refractivity contribution in [2.45, 2.75) is 20.8 Å². The fraction of sp³-hybridized carbons (Fsp3) is 0.143. The zero-order chi connectivity index (χ0) is 16.6. The molecule has 1 heterocycles. The number of rotatable bonds is 3. The SMILES string of the molecule is C=CC1=C(C=C)N(c2cc(C)c(C)cc2C)c2ccccc2O1. The standard InChI is InChI=1S/C21H21NO/c1-6-17-20(7-2)23-21-11-9-8-10-18(21)22(17)19-13-15(4)14(3)12-16(19)5/h6-13H,1-2H2,3-5H3. The first-order valence-electron chi connectivity index (χ1n) is 7.70. The molecule has 0 amide bonds. The maximum Gasteiger partial charge on any atom is 0.151 e. The maximum atomic E-state index is 5.98. The summed E-state index contributed by atoms with van der Waals surface area (Å²) in [6.07, 6.45) is 3.55. The average molecular weight is 303 g/mol. The average Bonchev–Trinajstić information content (AvgIpc) is 2.56. The summed E-state index contributed by atoms with van der Waals surface area (Å²) in [5, 5.41) is 0. The van der Waals surface area contributed by atoms with Crippen LogP contribution in [0.3, 0.4) is 0 Å². The van der Waals surface area contributed by atoms with E-state index in [4.69, 9.17) is 4.74 Å². The Hall–Kier alpha value is -2.74. The summed E-state index contributed by atoms with van der Waals surface area (Å²) in [5.41, 5.74) is 6.83. The monoisotopic (exact) mass is 303 g/mol. The highest BCUT2D eigenvalue weighted by Crippen LogP contribution is 2.44. The van der Waals surface area contributed by atoms with Crippen molar-refractivity contribution in [3.8, 4) is 5.75 Å². The first-order valence-corrected chi connectivity index (χ1v) is 7.70. The molecule has 0 N–H and O–H groups in total. The van der Waals surface area contributed by atoms with Crippen molar-refractivity contribution in [1.29, 1.82) is 0 Å². The third kappa shape index (κ3) is 2.46. The number of ether oxygens (including phenoxy) is 1. The molecule has 2 aromatic rings. The summed E-state index contributed by atoms with van der Waals surface area (Å²) < 4.78 is 5.98. The van der Waals surface area contributed by atoms with Crippen LogP contribution in [0.25, 0.3) is 0 Å². The van der Waals surface area contributed by atoms with Crippen LogP contribution in [-0.4, -0.2) is 0 Å². The van der Waals surface area contributed by atoms with Crippen molar-refractivity contribution < 1.29 is 4.74 Å². The van der Waals surface area contributed by atoms with Crippen LogP contribution in [-0.2, 0) is 0 Å². The molecule has 0 aliphatic carbocycles. The summed E-state index contributed by atoms with van der Waals surface area (Å²) in [6.45, 7) is 14.3. The minimum absolute atomic E-state index is 0.719. The van der Waals surface area contributed by atoms with E-state index in [1.54, 1.807) is 6.08 Å². The van der Waals surface area contributed by atoms with Gasteiger partial charge in [0.05, 0.1) is 11.4 Å². The number of nitrogens with zero attached hydrogens (tertiary/aromatic N) is 1. The van der Waals surface area contributed by atoms with Crippen LogP contribution in [0.15, 0.2) is 73.2 Å². The van der Waals surface area contributed by atoms with Crippen LogP contribution >= 0.6 is 0 Å². The Morgan fingerprint density at radius 2 is 1.57 bits per heavy atom. The van der Waals surface area contributed by atoms with Gasteiger partial charge in [-0.1, -0.05) is 31.4 Å². The van der Waals surface area contributed by atoms with Crippen LogP contribution in [0.1, 0.15) is 16.7 Å². The lowest BCUT2D eigenvalue weighted by Gasteiger charge is -2.34. The molecule has 0 saturated carbocycles. The van der Waals surface area contributed by atoms with Gasteiger partial charge in [0.1, 0.15) is 0 Å². The number of fused-ring (bicyclic) bond motifs is 1. The van der Waals surface area contributed by atoms with Crippen LogP contribution < -0.4 is 9.64 Å². The summed E-state index contributed by atoms with van der Waals surface area (Å²) in [4.78, 5) is 2.20. The lowest BCUT2D eigenvalue weighted by atomic mass is 10.0. The molecule has 2 heteroatoms. The van der Waals surface area contributed by atoms with E-state index in [9.17, 15) is 0 Å². The van der Waals surface area contributed by atoms with Crippen molar-refractivity contribution in [3.63, 3.8) is 0 Å². The summed E-state index contributed by atoms with van der Waals surface area (Å²) >= 11 is 0. The summed E-state index contributed by atoms with van der Waals surface area (Å²) in [6, 6.07) is 12.5. The van der Waals surface area contributed by atoms with Crippen molar-refractivity contribution >= 4 is 11.4 Å². The maximum absolute atomic E-state index is 5.98. The molecule has 2 nitrogen and oxygen atoms in total. The van der Waals surface area contributed by atoms with Gasteiger partial charge in [0.2, 0.25) is 0 Å². The molecule has 0 bridgehead atoms. The molecule has 1 aliphatic heterocycles. The molecular weight excluding hydrogens is 282 g/mol. The van der Waals surface area contributed by atoms with Gasteiger partial charge in [0, 0.05) is 5.69 Å². The minimum Gasteiger partial charge on any atom is -0.453 e. The first kappa shape index (κ1) is 15.2. The highest BCUT2D eigenvalue weighted by atomic mass is 16.5. The quantitative estimate of drug-likeness (QED) is 0.718. The molecule has 0 unspecified atom stereocenters. The molecule has 0 radical (unpaired) electrons. The Kier molecular flexibility index (Phi) is 3.83. The number of para-hydroxylation sites is 2. The predicted octanol–water partition coefficient (Wildman–Crippen LogP) is 5.73. The van der Waals surface area contributed by atoms with Gasteiger partial charge < -0.3 is 9.64 Å². The second-order valence-corrected chi connectivity index (χ2v) is 5.79. The Balaban J connectivity index is 2.30. The van der Waals surface area contributed by atoms with E-state index in [2.05, 4.69) is 57.0 Å². The molecule has 0 saturated heterocycles. The van der Waals surface area contributed by atoms with Crippen LogP contribution in [0.5, 0.6) is 5.75 Å². The Morgan fingerprint density at radius 1 is 0.870 bits per heavy atom. The highest BCUT2D eigenvalue weighted by molar-refractivity contribution is 5.79. The molecule has 0 spiro atoms. The minimum atomic E-state index is 0.719. The Bertz CT molecular complexity index is 830. The number of hydrogen-bond acceptors (Lipinski definition) is 2. The van der Waals surface area contributed by atoms with Crippen LogP contribution in [0, 0.1) is 20.8 Å². The Labute approximate surface area is 138 Å². The molecule has 0 fully saturated rings. The van der Waals surface area contributed by atoms with Crippen molar-refractivity contribution in [2.75, 3.05) is 4.90 Å². The van der Waals surface area contributed by atoms with Gasteiger partial charge in [-0.3, -0.25) is 0 Å². The third-order valence-corrected chi connectivity index (χ3v) is 4.25. The van der Waals surface area contributed by atoms with Gasteiger partial charge in [0.25, 0.3) is 0 Å². The molecule has 23 heavy (non-hydrogen) atoms. The second kappa shape index (κ2) is 5.81. The van der Waals surface area contributed by atoms with Gasteiger partial charge in [-0.15, -0.1) is 0 Å². The van der Waals surface area contributed by atoms with Crippen molar-refractivity contribution in [1.82, 2.24) is 0 Å². The van der Waals surface area contributed by atoms with Gasteiger partial charge in [0.15, 0.2) is 11.5 Å². The third-order valence-electron chi connectivity index (χ3n) is 4.25. The number of allylic oxidation sites excluding steroid dienone is 2. The van der Waals surface area contributed by atoms with E-state index >= 15 is 0 Å². The van der Waals surface area contributed by atoms with Crippen molar-refractivity contribution in [3.05, 3.63) is 89.9 Å². The fourth-order valence-electron chi connectivity index (χ4n) is 2.92. The van der Waals surface area contributed by atoms with Crippen molar-refractivity contribution in [2.24, 2.45) is 0 Å². The van der Waals surface area contributed by atoms with Gasteiger partial charge >= 0.3 is 0 Å². The summed E-state index contributed by atoms with van der Waals surface area (Å²) in [7, 11) is 0. The van der Waals surface area contributed by atoms with Crippen LogP contribution in [0.4, 0.5) is 11.4 Å². The van der Waals surface area contributed by atoms with Crippen LogP contribution in [0.2, 0.25) is 0 Å². The van der Waals surface area contributed by atoms with E-state index in [-0.39, 0.29) is 0 Å². The first-order chi connectivity index (χ1) is 11.1. The fourth-order valence-corrected chi connectivity index (χ4v) is 2.92. The molecule has 0 aromatic heterocycles. The summed E-state index contributed by atoms with van der Waals surface area (Å²) in [5.74, 6) is 1.54. The smallest absolute Gasteiger partial charge is 0.151 e.